The first-order valence-corrected chi connectivity index (χ1v) is 8.30. The molecule has 106 valence electrons. The average molecular weight is 288 g/mol. The van der Waals surface area contributed by atoms with Crippen LogP contribution >= 0.6 is 11.3 Å². The highest BCUT2D eigenvalue weighted by Gasteiger charge is 2.20. The maximum atomic E-state index is 4.77. The molecule has 0 amide bonds. The molecule has 0 saturated heterocycles. The van der Waals surface area contributed by atoms with Crippen LogP contribution in [0.25, 0.3) is 11.5 Å². The summed E-state index contributed by atoms with van der Waals surface area (Å²) < 4.78 is 0. The van der Waals surface area contributed by atoms with E-state index in [1.54, 1.807) is 11.3 Å². The van der Waals surface area contributed by atoms with Gasteiger partial charge in [0.05, 0.1) is 5.51 Å². The molecule has 1 unspecified atom stereocenters. The van der Waals surface area contributed by atoms with Crippen molar-refractivity contribution < 1.29 is 0 Å². The normalized spacial score (nSPS) is 18.6. The summed E-state index contributed by atoms with van der Waals surface area (Å²) in [6.07, 6.45) is 7.87. The van der Waals surface area contributed by atoms with Gasteiger partial charge >= 0.3 is 0 Å². The first kappa shape index (κ1) is 13.6. The van der Waals surface area contributed by atoms with E-state index in [0.29, 0.717) is 6.04 Å². The highest BCUT2D eigenvalue weighted by molar-refractivity contribution is 7.07. The van der Waals surface area contributed by atoms with Gasteiger partial charge in [-0.1, -0.05) is 13.3 Å². The number of hydrogen-bond acceptors (Lipinski definition) is 5. The molecule has 0 radical (unpaired) electrons. The van der Waals surface area contributed by atoms with Gasteiger partial charge in [0, 0.05) is 28.9 Å². The summed E-state index contributed by atoms with van der Waals surface area (Å²) >= 11 is 1.58. The molecule has 2 aromatic heterocycles. The van der Waals surface area contributed by atoms with Crippen molar-refractivity contribution >= 4 is 11.3 Å². The van der Waals surface area contributed by atoms with Crippen molar-refractivity contribution in [2.24, 2.45) is 0 Å². The zero-order valence-electron chi connectivity index (χ0n) is 11.8. The van der Waals surface area contributed by atoms with E-state index in [4.69, 9.17) is 4.98 Å². The lowest BCUT2D eigenvalue weighted by Crippen LogP contribution is -2.23. The zero-order valence-corrected chi connectivity index (χ0v) is 12.6. The third-order valence-electron chi connectivity index (χ3n) is 3.73. The molecule has 1 aliphatic carbocycles. The Morgan fingerprint density at radius 1 is 1.35 bits per heavy atom. The summed E-state index contributed by atoms with van der Waals surface area (Å²) in [6.45, 7) is 3.25. The molecule has 0 aliphatic heterocycles. The van der Waals surface area contributed by atoms with E-state index in [0.717, 1.165) is 30.9 Å². The largest absolute Gasteiger partial charge is 0.310 e. The topological polar surface area (TPSA) is 50.7 Å². The molecule has 2 aromatic rings. The second kappa shape index (κ2) is 6.41. The maximum absolute atomic E-state index is 4.77. The van der Waals surface area contributed by atoms with Gasteiger partial charge in [0.1, 0.15) is 5.69 Å². The molecule has 3 rings (SSSR count). The Labute approximate surface area is 123 Å². The molecule has 20 heavy (non-hydrogen) atoms. The highest BCUT2D eigenvalue weighted by atomic mass is 32.1. The van der Waals surface area contributed by atoms with Crippen molar-refractivity contribution in [2.45, 2.75) is 45.1 Å². The summed E-state index contributed by atoms with van der Waals surface area (Å²) in [5, 5.41) is 5.63. The summed E-state index contributed by atoms with van der Waals surface area (Å²) in [5.74, 6) is 0.765. The molecule has 1 aliphatic rings. The van der Waals surface area contributed by atoms with Gasteiger partial charge in [-0.2, -0.15) is 0 Å². The molecule has 2 heterocycles. The lowest BCUT2D eigenvalue weighted by molar-refractivity contribution is 0.488. The van der Waals surface area contributed by atoms with Gasteiger partial charge in [-0.25, -0.2) is 15.0 Å². The minimum atomic E-state index is 0.414. The van der Waals surface area contributed by atoms with Crippen LogP contribution in [-0.2, 0) is 6.42 Å². The van der Waals surface area contributed by atoms with Crippen LogP contribution in [0.2, 0.25) is 0 Å². The van der Waals surface area contributed by atoms with Crippen LogP contribution in [0.4, 0.5) is 0 Å². The van der Waals surface area contributed by atoms with Gasteiger partial charge in [-0.15, -0.1) is 11.3 Å². The Morgan fingerprint density at radius 3 is 3.10 bits per heavy atom. The lowest BCUT2D eigenvalue weighted by atomic mass is 10.0. The maximum Gasteiger partial charge on any atom is 0.179 e. The van der Waals surface area contributed by atoms with Crippen molar-refractivity contribution in [3.05, 3.63) is 28.3 Å². The minimum Gasteiger partial charge on any atom is -0.310 e. The first-order chi connectivity index (χ1) is 9.88. The number of fused-ring (bicyclic) bond motifs is 1. The second-order valence-electron chi connectivity index (χ2n) is 5.22. The molecule has 0 spiro atoms. The number of aromatic nitrogens is 3. The smallest absolute Gasteiger partial charge is 0.179 e. The van der Waals surface area contributed by atoms with E-state index >= 15 is 0 Å². The van der Waals surface area contributed by atoms with Crippen LogP contribution in [0, 0.1) is 0 Å². The van der Waals surface area contributed by atoms with E-state index in [-0.39, 0.29) is 0 Å². The van der Waals surface area contributed by atoms with Gasteiger partial charge < -0.3 is 5.32 Å². The predicted octanol–water partition coefficient (Wildman–Crippen LogP) is 3.37. The van der Waals surface area contributed by atoms with Crippen molar-refractivity contribution in [3.8, 4) is 11.5 Å². The van der Waals surface area contributed by atoms with Crippen LogP contribution < -0.4 is 5.32 Å². The molecule has 1 atom stereocenters. The Hall–Kier alpha value is -1.33. The Kier molecular flexibility index (Phi) is 4.38. The van der Waals surface area contributed by atoms with E-state index < -0.39 is 0 Å². The molecule has 1 N–H and O–H groups in total. The third-order valence-corrected chi connectivity index (χ3v) is 4.32. The zero-order chi connectivity index (χ0) is 13.8. The van der Waals surface area contributed by atoms with Gasteiger partial charge in [0.15, 0.2) is 5.82 Å². The Morgan fingerprint density at radius 2 is 2.30 bits per heavy atom. The molecule has 0 bridgehead atoms. The Bertz CT molecular complexity index is 553. The number of rotatable bonds is 4. The van der Waals surface area contributed by atoms with Gasteiger partial charge in [0.2, 0.25) is 0 Å². The fourth-order valence-electron chi connectivity index (χ4n) is 2.69. The predicted molar refractivity (Wildman–Crippen MR) is 81.7 cm³/mol. The van der Waals surface area contributed by atoms with E-state index in [1.807, 2.05) is 17.1 Å². The van der Waals surface area contributed by atoms with Gasteiger partial charge in [-0.3, -0.25) is 0 Å². The molecule has 4 nitrogen and oxygen atoms in total. The average Bonchev–Trinajstić information content (AvgIpc) is 2.94. The van der Waals surface area contributed by atoms with Crippen LogP contribution in [0.5, 0.6) is 0 Å². The van der Waals surface area contributed by atoms with Crippen LogP contribution in [-0.4, -0.2) is 21.5 Å². The third kappa shape index (κ3) is 2.88. The van der Waals surface area contributed by atoms with Crippen LogP contribution in [0.15, 0.2) is 17.1 Å². The van der Waals surface area contributed by atoms with Crippen molar-refractivity contribution in [3.63, 3.8) is 0 Å². The Balaban J connectivity index is 1.91. The van der Waals surface area contributed by atoms with Crippen molar-refractivity contribution in [1.82, 2.24) is 20.3 Å². The lowest BCUT2D eigenvalue weighted by Gasteiger charge is -2.18. The second-order valence-corrected chi connectivity index (χ2v) is 5.94. The van der Waals surface area contributed by atoms with E-state index in [9.17, 15) is 0 Å². The molecular weight excluding hydrogens is 268 g/mol. The fraction of sp³-hybridized carbons (Fsp3) is 0.533. The molecule has 5 heteroatoms. The standard InChI is InChI=1S/C15H20N4S/c1-2-7-16-12-5-3-4-6-13-11(12)8-17-15(19-13)14-9-20-10-18-14/h8-10,12,16H,2-7H2,1H3. The van der Waals surface area contributed by atoms with Crippen molar-refractivity contribution in [1.29, 1.82) is 0 Å². The van der Waals surface area contributed by atoms with E-state index in [2.05, 4.69) is 22.2 Å². The van der Waals surface area contributed by atoms with Gasteiger partial charge in [-0.05, 0) is 32.2 Å². The number of hydrogen-bond donors (Lipinski definition) is 1. The highest BCUT2D eigenvalue weighted by Crippen LogP contribution is 2.28. The molecule has 0 aromatic carbocycles. The quantitative estimate of drug-likeness (QED) is 0.876. The summed E-state index contributed by atoms with van der Waals surface area (Å²) in [5.41, 5.74) is 5.21. The monoisotopic (exact) mass is 288 g/mol. The molecule has 0 fully saturated rings. The van der Waals surface area contributed by atoms with Gasteiger partial charge in [0.25, 0.3) is 0 Å². The summed E-state index contributed by atoms with van der Waals surface area (Å²) in [7, 11) is 0. The summed E-state index contributed by atoms with van der Waals surface area (Å²) in [6, 6.07) is 0.414. The number of aryl methyl sites for hydroxylation is 1. The fourth-order valence-corrected chi connectivity index (χ4v) is 3.22. The SMILES string of the molecule is CCCNC1CCCCc2nc(-c3cscn3)ncc21. The summed E-state index contributed by atoms with van der Waals surface area (Å²) in [4.78, 5) is 13.6. The first-order valence-electron chi connectivity index (χ1n) is 7.36. The van der Waals surface area contributed by atoms with Crippen LogP contribution in [0.3, 0.4) is 0 Å². The van der Waals surface area contributed by atoms with Crippen LogP contribution in [0.1, 0.15) is 49.9 Å². The molecular formula is C15H20N4S. The number of nitrogens with zero attached hydrogens (tertiary/aromatic N) is 3. The van der Waals surface area contributed by atoms with Crippen molar-refractivity contribution in [2.75, 3.05) is 6.54 Å². The minimum absolute atomic E-state index is 0.414. The van der Waals surface area contributed by atoms with E-state index in [1.165, 1.54) is 30.5 Å². The number of nitrogens with one attached hydrogen (secondary N) is 1. The number of thiazole rings is 1. The molecule has 0 saturated carbocycles.